The van der Waals surface area contributed by atoms with E-state index in [2.05, 4.69) is 28.2 Å². The summed E-state index contributed by atoms with van der Waals surface area (Å²) >= 11 is 9.43. The zero-order valence-corrected chi connectivity index (χ0v) is 15.7. The average Bonchev–Trinajstić information content (AvgIpc) is 2.59. The molecule has 2 aromatic carbocycles. The lowest BCUT2D eigenvalue weighted by Crippen LogP contribution is -2.32. The van der Waals surface area contributed by atoms with E-state index in [0.29, 0.717) is 29.7 Å². The van der Waals surface area contributed by atoms with Gasteiger partial charge in [0.25, 0.3) is 5.91 Å². The third kappa shape index (κ3) is 5.73. The van der Waals surface area contributed by atoms with Crippen molar-refractivity contribution < 1.29 is 14.3 Å². The molecule has 0 aliphatic rings. The molecule has 0 radical (unpaired) electrons. The topological polar surface area (TPSA) is 47.6 Å². The zero-order valence-electron chi connectivity index (χ0n) is 13.4. The summed E-state index contributed by atoms with van der Waals surface area (Å²) in [4.78, 5) is 11.8. The maximum atomic E-state index is 11.8. The Bertz CT molecular complexity index is 694. The minimum Gasteiger partial charge on any atom is -0.490 e. The van der Waals surface area contributed by atoms with E-state index < -0.39 is 0 Å². The number of halogens is 2. The number of para-hydroxylation sites is 1. The Hall–Kier alpha value is -1.72. The number of hydrogen-bond acceptors (Lipinski definition) is 3. The summed E-state index contributed by atoms with van der Waals surface area (Å²) in [6.45, 7) is 2.75. The minimum absolute atomic E-state index is 0.0455. The van der Waals surface area contributed by atoms with Crippen LogP contribution in [-0.4, -0.2) is 25.7 Å². The molecule has 0 atom stereocenters. The van der Waals surface area contributed by atoms with Gasteiger partial charge in [0.2, 0.25) is 0 Å². The maximum absolute atomic E-state index is 11.8. The molecule has 0 saturated carbocycles. The van der Waals surface area contributed by atoms with Gasteiger partial charge in [0, 0.05) is 0 Å². The molecule has 0 aromatic heterocycles. The SMILES string of the molecule is CCc1ccc(OCC(=O)NCCOc2ccccc2Cl)c(Br)c1. The van der Waals surface area contributed by atoms with E-state index in [9.17, 15) is 4.79 Å². The van der Waals surface area contributed by atoms with E-state index >= 15 is 0 Å². The summed E-state index contributed by atoms with van der Waals surface area (Å²) in [7, 11) is 0. The minimum atomic E-state index is -0.204. The van der Waals surface area contributed by atoms with Gasteiger partial charge in [0.1, 0.15) is 18.1 Å². The summed E-state index contributed by atoms with van der Waals surface area (Å²) in [6.07, 6.45) is 0.949. The van der Waals surface area contributed by atoms with Crippen molar-refractivity contribution >= 4 is 33.4 Å². The van der Waals surface area contributed by atoms with Gasteiger partial charge in [0.15, 0.2) is 6.61 Å². The fourth-order valence-electron chi connectivity index (χ4n) is 1.99. The first-order valence-electron chi connectivity index (χ1n) is 7.65. The van der Waals surface area contributed by atoms with Gasteiger partial charge >= 0.3 is 0 Å². The number of carbonyl (C=O) groups is 1. The van der Waals surface area contributed by atoms with Crippen LogP contribution in [-0.2, 0) is 11.2 Å². The number of carbonyl (C=O) groups excluding carboxylic acids is 1. The highest BCUT2D eigenvalue weighted by molar-refractivity contribution is 9.10. The molecule has 0 saturated heterocycles. The first kappa shape index (κ1) is 18.6. The molecule has 24 heavy (non-hydrogen) atoms. The first-order valence-corrected chi connectivity index (χ1v) is 8.82. The molecule has 1 amide bonds. The van der Waals surface area contributed by atoms with E-state index in [1.54, 1.807) is 12.1 Å². The predicted octanol–water partition coefficient (Wildman–Crippen LogP) is 4.24. The van der Waals surface area contributed by atoms with Gasteiger partial charge in [-0.2, -0.15) is 0 Å². The second kappa shape index (κ2) is 9.55. The molecule has 0 spiro atoms. The van der Waals surface area contributed by atoms with Crippen LogP contribution in [0.5, 0.6) is 11.5 Å². The van der Waals surface area contributed by atoms with Crippen molar-refractivity contribution in [1.82, 2.24) is 5.32 Å². The van der Waals surface area contributed by atoms with E-state index in [0.717, 1.165) is 10.9 Å². The van der Waals surface area contributed by atoms with Gasteiger partial charge in [-0.25, -0.2) is 0 Å². The highest BCUT2D eigenvalue weighted by Gasteiger charge is 2.06. The van der Waals surface area contributed by atoms with E-state index in [4.69, 9.17) is 21.1 Å². The second-order valence-corrected chi connectivity index (χ2v) is 6.30. The molecular formula is C18H19BrClNO3. The fraction of sp³-hybridized carbons (Fsp3) is 0.278. The fourth-order valence-corrected chi connectivity index (χ4v) is 2.72. The van der Waals surface area contributed by atoms with Crippen molar-refractivity contribution in [2.24, 2.45) is 0 Å². The monoisotopic (exact) mass is 411 g/mol. The van der Waals surface area contributed by atoms with Crippen LogP contribution in [0.1, 0.15) is 12.5 Å². The standard InChI is InChI=1S/C18H19BrClNO3/c1-2-13-7-8-16(14(19)11-13)24-12-18(22)21-9-10-23-17-6-4-3-5-15(17)20/h3-8,11H,2,9-10,12H2,1H3,(H,21,22). The molecule has 128 valence electrons. The van der Waals surface area contributed by atoms with Crippen molar-refractivity contribution in [3.05, 3.63) is 57.5 Å². The predicted molar refractivity (Wildman–Crippen MR) is 99.0 cm³/mol. The zero-order chi connectivity index (χ0) is 17.4. The lowest BCUT2D eigenvalue weighted by molar-refractivity contribution is -0.123. The molecule has 0 bridgehead atoms. The first-order chi connectivity index (χ1) is 11.6. The third-order valence-corrected chi connectivity index (χ3v) is 4.21. The molecule has 1 N–H and O–H groups in total. The van der Waals surface area contributed by atoms with Crippen LogP contribution in [0.4, 0.5) is 0 Å². The van der Waals surface area contributed by atoms with Gasteiger partial charge in [-0.05, 0) is 52.2 Å². The number of nitrogens with one attached hydrogen (secondary N) is 1. The highest BCUT2D eigenvalue weighted by Crippen LogP contribution is 2.26. The Labute approximate surface area is 155 Å². The lowest BCUT2D eigenvalue weighted by Gasteiger charge is -2.11. The lowest BCUT2D eigenvalue weighted by atomic mass is 10.2. The molecule has 0 aliphatic heterocycles. The highest BCUT2D eigenvalue weighted by atomic mass is 79.9. The molecule has 4 nitrogen and oxygen atoms in total. The average molecular weight is 413 g/mol. The van der Waals surface area contributed by atoms with Crippen LogP contribution < -0.4 is 14.8 Å². The van der Waals surface area contributed by atoms with Gasteiger partial charge in [-0.3, -0.25) is 4.79 Å². The molecule has 2 aromatic rings. The van der Waals surface area contributed by atoms with E-state index in [1.807, 2.05) is 30.3 Å². The maximum Gasteiger partial charge on any atom is 0.258 e. The Kier molecular flexibility index (Phi) is 7.40. The molecule has 2 rings (SSSR count). The van der Waals surface area contributed by atoms with Gasteiger partial charge in [-0.1, -0.05) is 36.7 Å². The van der Waals surface area contributed by atoms with Crippen molar-refractivity contribution in [2.75, 3.05) is 19.8 Å². The number of rotatable bonds is 8. The largest absolute Gasteiger partial charge is 0.490 e. The van der Waals surface area contributed by atoms with Crippen LogP contribution in [0.15, 0.2) is 46.9 Å². The number of hydrogen-bond donors (Lipinski definition) is 1. The van der Waals surface area contributed by atoms with Crippen molar-refractivity contribution in [3.8, 4) is 11.5 Å². The summed E-state index contributed by atoms with van der Waals surface area (Å²) in [5.41, 5.74) is 1.20. The molecular weight excluding hydrogens is 394 g/mol. The molecule has 0 heterocycles. The van der Waals surface area contributed by atoms with E-state index in [1.165, 1.54) is 5.56 Å². The van der Waals surface area contributed by atoms with Gasteiger partial charge < -0.3 is 14.8 Å². The Morgan fingerprint density at radius 2 is 1.96 bits per heavy atom. The summed E-state index contributed by atoms with van der Waals surface area (Å²) in [5, 5.41) is 3.29. The molecule has 0 unspecified atom stereocenters. The summed E-state index contributed by atoms with van der Waals surface area (Å²) in [5.74, 6) is 1.04. The van der Waals surface area contributed by atoms with Crippen molar-refractivity contribution in [2.45, 2.75) is 13.3 Å². The Morgan fingerprint density at radius 3 is 2.67 bits per heavy atom. The smallest absolute Gasteiger partial charge is 0.258 e. The van der Waals surface area contributed by atoms with Crippen molar-refractivity contribution in [1.29, 1.82) is 0 Å². The summed E-state index contributed by atoms with van der Waals surface area (Å²) in [6, 6.07) is 13.0. The molecule has 0 aliphatic carbocycles. The Balaban J connectivity index is 1.69. The normalized spacial score (nSPS) is 10.3. The van der Waals surface area contributed by atoms with Crippen LogP contribution in [0.2, 0.25) is 5.02 Å². The van der Waals surface area contributed by atoms with E-state index in [-0.39, 0.29) is 12.5 Å². The number of benzene rings is 2. The van der Waals surface area contributed by atoms with Crippen LogP contribution in [0.25, 0.3) is 0 Å². The Morgan fingerprint density at radius 1 is 1.17 bits per heavy atom. The number of ether oxygens (including phenoxy) is 2. The molecule has 0 fully saturated rings. The number of amides is 1. The summed E-state index contributed by atoms with van der Waals surface area (Å²) < 4.78 is 11.9. The van der Waals surface area contributed by atoms with Crippen LogP contribution in [0.3, 0.4) is 0 Å². The second-order valence-electron chi connectivity index (χ2n) is 5.04. The number of aryl methyl sites for hydroxylation is 1. The third-order valence-electron chi connectivity index (χ3n) is 3.28. The van der Waals surface area contributed by atoms with Gasteiger partial charge in [-0.15, -0.1) is 0 Å². The van der Waals surface area contributed by atoms with Crippen molar-refractivity contribution in [3.63, 3.8) is 0 Å². The quantitative estimate of drug-likeness (QED) is 0.660. The van der Waals surface area contributed by atoms with Gasteiger partial charge in [0.05, 0.1) is 16.0 Å². The van der Waals surface area contributed by atoms with Crippen LogP contribution in [0, 0.1) is 0 Å². The molecule has 6 heteroatoms. The van der Waals surface area contributed by atoms with Crippen LogP contribution >= 0.6 is 27.5 Å².